The summed E-state index contributed by atoms with van der Waals surface area (Å²) in [5, 5.41) is 6.65. The van der Waals surface area contributed by atoms with Gasteiger partial charge in [0.05, 0.1) is 6.20 Å². The summed E-state index contributed by atoms with van der Waals surface area (Å²) in [5.41, 5.74) is 0. The van der Waals surface area contributed by atoms with Crippen LogP contribution in [0.1, 0.15) is 25.7 Å². The number of nitrogens with one attached hydrogen (secondary N) is 2. The van der Waals surface area contributed by atoms with Crippen LogP contribution in [0.25, 0.3) is 0 Å². The highest BCUT2D eigenvalue weighted by Gasteiger charge is 2.19. The summed E-state index contributed by atoms with van der Waals surface area (Å²) in [6.07, 6.45) is 5.92. The summed E-state index contributed by atoms with van der Waals surface area (Å²) in [6.45, 7) is 0. The van der Waals surface area contributed by atoms with Crippen LogP contribution in [0.3, 0.4) is 0 Å². The summed E-state index contributed by atoms with van der Waals surface area (Å²) in [5.74, 6) is 0.485. The van der Waals surface area contributed by atoms with Gasteiger partial charge in [0.25, 0.3) is 0 Å². The van der Waals surface area contributed by atoms with E-state index in [-0.39, 0.29) is 5.82 Å². The number of anilines is 1. The third kappa shape index (κ3) is 2.92. The molecule has 0 atom stereocenters. The lowest BCUT2D eigenvalue weighted by Crippen LogP contribution is -2.35. The van der Waals surface area contributed by atoms with Crippen molar-refractivity contribution in [2.75, 3.05) is 12.4 Å². The van der Waals surface area contributed by atoms with E-state index < -0.39 is 0 Å². The highest BCUT2D eigenvalue weighted by Crippen LogP contribution is 2.21. The summed E-state index contributed by atoms with van der Waals surface area (Å²) in [7, 11) is 2.01. The average molecular weight is 223 g/mol. The first-order chi connectivity index (χ1) is 7.78. The van der Waals surface area contributed by atoms with Gasteiger partial charge >= 0.3 is 0 Å². The Morgan fingerprint density at radius 2 is 1.88 bits per heavy atom. The predicted molar refractivity (Wildman–Crippen MR) is 62.9 cm³/mol. The van der Waals surface area contributed by atoms with E-state index in [1.165, 1.54) is 25.1 Å². The van der Waals surface area contributed by atoms with Crippen LogP contribution in [0, 0.1) is 5.82 Å². The van der Waals surface area contributed by atoms with E-state index in [1.807, 2.05) is 7.05 Å². The lowest BCUT2D eigenvalue weighted by molar-refractivity contribution is 0.371. The molecule has 0 bridgehead atoms. The normalized spacial score (nSPS) is 25.4. The molecule has 4 heteroatoms. The first-order valence-corrected chi connectivity index (χ1v) is 5.83. The molecule has 2 rings (SSSR count). The molecule has 1 fully saturated rings. The molecule has 1 aromatic rings. The molecule has 0 saturated heterocycles. The number of nitrogens with zero attached hydrogens (tertiary/aromatic N) is 1. The van der Waals surface area contributed by atoms with Crippen LogP contribution in [0.15, 0.2) is 18.3 Å². The fourth-order valence-corrected chi connectivity index (χ4v) is 2.20. The molecule has 0 amide bonds. The Morgan fingerprint density at radius 1 is 1.19 bits per heavy atom. The highest BCUT2D eigenvalue weighted by atomic mass is 19.1. The number of pyridine rings is 1. The lowest BCUT2D eigenvalue weighted by atomic mass is 9.91. The molecule has 2 N–H and O–H groups in total. The van der Waals surface area contributed by atoms with Crippen LogP contribution < -0.4 is 10.6 Å². The van der Waals surface area contributed by atoms with Gasteiger partial charge in [-0.25, -0.2) is 9.37 Å². The molecular formula is C12H18FN3. The minimum absolute atomic E-state index is 0.288. The molecule has 1 aliphatic carbocycles. The van der Waals surface area contributed by atoms with Gasteiger partial charge in [-0.3, -0.25) is 0 Å². The van der Waals surface area contributed by atoms with E-state index in [4.69, 9.17) is 0 Å². The van der Waals surface area contributed by atoms with E-state index in [1.54, 1.807) is 6.07 Å². The molecule has 16 heavy (non-hydrogen) atoms. The van der Waals surface area contributed by atoms with E-state index in [0.29, 0.717) is 12.1 Å². The van der Waals surface area contributed by atoms with Gasteiger partial charge in [-0.15, -0.1) is 0 Å². The molecule has 0 aliphatic heterocycles. The Kier molecular flexibility index (Phi) is 3.72. The van der Waals surface area contributed by atoms with Gasteiger partial charge in [0.2, 0.25) is 0 Å². The molecule has 1 saturated carbocycles. The Morgan fingerprint density at radius 3 is 2.44 bits per heavy atom. The SMILES string of the molecule is CNC1CCC(Nc2ccc(F)cn2)CC1. The Hall–Kier alpha value is -1.16. The molecule has 0 aromatic carbocycles. The van der Waals surface area contributed by atoms with Crippen molar-refractivity contribution in [2.24, 2.45) is 0 Å². The van der Waals surface area contributed by atoms with Crippen LogP contribution in [0.5, 0.6) is 0 Å². The largest absolute Gasteiger partial charge is 0.367 e. The zero-order chi connectivity index (χ0) is 11.4. The van der Waals surface area contributed by atoms with Gasteiger partial charge in [-0.1, -0.05) is 0 Å². The Bertz CT molecular complexity index is 318. The maximum absolute atomic E-state index is 12.7. The van der Waals surface area contributed by atoms with E-state index in [9.17, 15) is 4.39 Å². The maximum Gasteiger partial charge on any atom is 0.141 e. The Balaban J connectivity index is 1.84. The van der Waals surface area contributed by atoms with Crippen molar-refractivity contribution in [3.05, 3.63) is 24.1 Å². The zero-order valence-electron chi connectivity index (χ0n) is 9.54. The quantitative estimate of drug-likeness (QED) is 0.824. The first-order valence-electron chi connectivity index (χ1n) is 5.83. The topological polar surface area (TPSA) is 37.0 Å². The third-order valence-electron chi connectivity index (χ3n) is 3.21. The van der Waals surface area contributed by atoms with E-state index in [0.717, 1.165) is 18.7 Å². The monoisotopic (exact) mass is 223 g/mol. The maximum atomic E-state index is 12.7. The van der Waals surface area contributed by atoms with Crippen molar-refractivity contribution in [2.45, 2.75) is 37.8 Å². The van der Waals surface area contributed by atoms with Gasteiger partial charge in [0.15, 0.2) is 0 Å². The van der Waals surface area contributed by atoms with Gasteiger partial charge in [0, 0.05) is 12.1 Å². The number of rotatable bonds is 3. The lowest BCUT2D eigenvalue weighted by Gasteiger charge is -2.29. The summed E-state index contributed by atoms with van der Waals surface area (Å²) in [4.78, 5) is 4.01. The van der Waals surface area contributed by atoms with Crippen molar-refractivity contribution < 1.29 is 4.39 Å². The molecule has 0 unspecified atom stereocenters. The van der Waals surface area contributed by atoms with E-state index >= 15 is 0 Å². The average Bonchev–Trinajstić information content (AvgIpc) is 2.33. The second kappa shape index (κ2) is 5.25. The summed E-state index contributed by atoms with van der Waals surface area (Å²) in [6, 6.07) is 4.26. The smallest absolute Gasteiger partial charge is 0.141 e. The molecule has 1 heterocycles. The minimum atomic E-state index is -0.288. The van der Waals surface area contributed by atoms with Crippen LogP contribution in [0.4, 0.5) is 10.2 Å². The van der Waals surface area contributed by atoms with E-state index in [2.05, 4.69) is 15.6 Å². The van der Waals surface area contributed by atoms with Gasteiger partial charge in [-0.05, 0) is 44.9 Å². The van der Waals surface area contributed by atoms with Crippen molar-refractivity contribution in [3.8, 4) is 0 Å². The number of hydrogen-bond acceptors (Lipinski definition) is 3. The minimum Gasteiger partial charge on any atom is -0.367 e. The van der Waals surface area contributed by atoms with Gasteiger partial charge in [0.1, 0.15) is 11.6 Å². The summed E-state index contributed by atoms with van der Waals surface area (Å²) >= 11 is 0. The van der Waals surface area contributed by atoms with Crippen molar-refractivity contribution in [3.63, 3.8) is 0 Å². The molecule has 88 valence electrons. The number of aromatic nitrogens is 1. The molecular weight excluding hydrogens is 205 g/mol. The molecule has 0 spiro atoms. The molecule has 0 radical (unpaired) electrons. The second-order valence-electron chi connectivity index (χ2n) is 4.34. The standard InChI is InChI=1S/C12H18FN3/c1-14-10-3-5-11(6-4-10)16-12-7-2-9(13)8-15-12/h2,7-8,10-11,14H,3-6H2,1H3,(H,15,16). The van der Waals surface area contributed by atoms with Gasteiger partial charge in [-0.2, -0.15) is 0 Å². The predicted octanol–water partition coefficient (Wildman–Crippen LogP) is 2.16. The number of hydrogen-bond donors (Lipinski definition) is 2. The van der Waals surface area contributed by atoms with Crippen molar-refractivity contribution >= 4 is 5.82 Å². The zero-order valence-corrected chi connectivity index (χ0v) is 9.54. The molecule has 1 aromatic heterocycles. The Labute approximate surface area is 95.5 Å². The first kappa shape index (κ1) is 11.3. The van der Waals surface area contributed by atoms with Crippen LogP contribution in [-0.2, 0) is 0 Å². The van der Waals surface area contributed by atoms with Crippen molar-refractivity contribution in [1.82, 2.24) is 10.3 Å². The van der Waals surface area contributed by atoms with Crippen LogP contribution in [0.2, 0.25) is 0 Å². The van der Waals surface area contributed by atoms with Crippen LogP contribution in [-0.4, -0.2) is 24.1 Å². The fraction of sp³-hybridized carbons (Fsp3) is 0.583. The summed E-state index contributed by atoms with van der Waals surface area (Å²) < 4.78 is 12.7. The molecule has 3 nitrogen and oxygen atoms in total. The van der Waals surface area contributed by atoms with Crippen molar-refractivity contribution in [1.29, 1.82) is 0 Å². The second-order valence-corrected chi connectivity index (χ2v) is 4.34. The fourth-order valence-electron chi connectivity index (χ4n) is 2.20. The van der Waals surface area contributed by atoms with Gasteiger partial charge < -0.3 is 10.6 Å². The number of halogens is 1. The van der Waals surface area contributed by atoms with Crippen LogP contribution >= 0.6 is 0 Å². The highest BCUT2D eigenvalue weighted by molar-refractivity contribution is 5.34. The molecule has 1 aliphatic rings. The third-order valence-corrected chi connectivity index (χ3v) is 3.21.